The molecule has 0 aliphatic rings. The monoisotopic (exact) mass is 250 g/mol. The Hall–Kier alpha value is -1.73. The largest absolute Gasteiger partial charge is 0.405 e. The van der Waals surface area contributed by atoms with E-state index in [0.29, 0.717) is 5.69 Å². The highest BCUT2D eigenvalue weighted by atomic mass is 19.4. The van der Waals surface area contributed by atoms with Gasteiger partial charge in [0.25, 0.3) is 0 Å². The molecule has 0 radical (unpaired) electrons. The second-order valence-electron chi connectivity index (χ2n) is 3.60. The molecule has 8 heteroatoms. The molecule has 1 heterocycles. The smallest absolute Gasteiger partial charge is 0.371 e. The Morgan fingerprint density at radius 1 is 1.59 bits per heavy atom. The van der Waals surface area contributed by atoms with E-state index >= 15 is 0 Å². The minimum absolute atomic E-state index is 0.571. The Morgan fingerprint density at radius 3 is 2.71 bits per heavy atom. The Labute approximate surface area is 96.0 Å². The highest BCUT2D eigenvalue weighted by Crippen LogP contribution is 2.12. The molecule has 0 saturated heterocycles. The molecule has 2 N–H and O–H groups in total. The number of hydrogen-bond acceptors (Lipinski definition) is 3. The summed E-state index contributed by atoms with van der Waals surface area (Å²) in [7, 11) is 1.69. The number of aryl methyl sites for hydroxylation is 1. The van der Waals surface area contributed by atoms with Crippen molar-refractivity contribution >= 4 is 11.6 Å². The van der Waals surface area contributed by atoms with Crippen molar-refractivity contribution < 1.29 is 18.0 Å². The number of amides is 1. The quantitative estimate of drug-likeness (QED) is 0.834. The second kappa shape index (κ2) is 5.07. The summed E-state index contributed by atoms with van der Waals surface area (Å²) in [6, 6.07) is -0.762. The van der Waals surface area contributed by atoms with Crippen LogP contribution in [0.3, 0.4) is 0 Å². The summed E-state index contributed by atoms with van der Waals surface area (Å²) in [6.07, 6.45) is -1.30. The van der Waals surface area contributed by atoms with Gasteiger partial charge in [-0.15, -0.1) is 0 Å². The Balaban J connectivity index is 2.42. The summed E-state index contributed by atoms with van der Waals surface area (Å²) >= 11 is 0. The lowest BCUT2D eigenvalue weighted by molar-refractivity contribution is -0.138. The van der Waals surface area contributed by atoms with Gasteiger partial charge in [-0.2, -0.15) is 18.3 Å². The molecule has 0 aliphatic heterocycles. The van der Waals surface area contributed by atoms with Crippen LogP contribution in [0.15, 0.2) is 12.4 Å². The van der Waals surface area contributed by atoms with Crippen LogP contribution in [0, 0.1) is 0 Å². The molecule has 1 atom stereocenters. The van der Waals surface area contributed by atoms with Crippen molar-refractivity contribution in [2.24, 2.45) is 7.05 Å². The van der Waals surface area contributed by atoms with Crippen molar-refractivity contribution in [2.75, 3.05) is 11.9 Å². The van der Waals surface area contributed by atoms with Gasteiger partial charge in [0.1, 0.15) is 12.6 Å². The van der Waals surface area contributed by atoms with Crippen molar-refractivity contribution in [3.8, 4) is 0 Å². The Kier molecular flexibility index (Phi) is 3.97. The van der Waals surface area contributed by atoms with Gasteiger partial charge >= 0.3 is 6.18 Å². The first-order valence-corrected chi connectivity index (χ1v) is 4.87. The fourth-order valence-electron chi connectivity index (χ4n) is 1.15. The third-order valence-electron chi connectivity index (χ3n) is 1.94. The zero-order chi connectivity index (χ0) is 13.1. The average Bonchev–Trinajstić information content (AvgIpc) is 2.59. The van der Waals surface area contributed by atoms with Crippen LogP contribution < -0.4 is 10.6 Å². The van der Waals surface area contributed by atoms with Gasteiger partial charge in [0.15, 0.2) is 0 Å². The van der Waals surface area contributed by atoms with Crippen molar-refractivity contribution in [2.45, 2.75) is 19.1 Å². The van der Waals surface area contributed by atoms with Crippen LogP contribution in [0.25, 0.3) is 0 Å². The highest BCUT2D eigenvalue weighted by Gasteiger charge is 2.28. The number of nitrogens with zero attached hydrogens (tertiary/aromatic N) is 2. The van der Waals surface area contributed by atoms with Gasteiger partial charge in [-0.1, -0.05) is 0 Å². The van der Waals surface area contributed by atoms with Crippen LogP contribution in [0.1, 0.15) is 6.92 Å². The van der Waals surface area contributed by atoms with E-state index in [4.69, 9.17) is 0 Å². The number of carbonyl (C=O) groups excluding carboxylic acids is 1. The molecule has 1 aromatic heterocycles. The number of rotatable bonds is 4. The topological polar surface area (TPSA) is 59.0 Å². The van der Waals surface area contributed by atoms with Gasteiger partial charge < -0.3 is 10.6 Å². The maximum atomic E-state index is 11.9. The number of aromatic nitrogens is 2. The number of anilines is 1. The van der Waals surface area contributed by atoms with Crippen molar-refractivity contribution in [1.82, 2.24) is 15.1 Å². The summed E-state index contributed by atoms with van der Waals surface area (Å²) in [5.41, 5.74) is 0.571. The van der Waals surface area contributed by atoms with E-state index in [1.165, 1.54) is 17.8 Å². The van der Waals surface area contributed by atoms with Gasteiger partial charge in [-0.05, 0) is 6.92 Å². The van der Waals surface area contributed by atoms with Crippen LogP contribution in [-0.4, -0.2) is 34.5 Å². The molecule has 0 saturated carbocycles. The average molecular weight is 250 g/mol. The SMILES string of the molecule is CC(Nc1cnn(C)c1)C(=O)NCC(F)(F)F. The first-order chi connectivity index (χ1) is 7.78. The third-order valence-corrected chi connectivity index (χ3v) is 1.94. The first kappa shape index (κ1) is 13.3. The molecule has 1 aromatic rings. The molecule has 0 aliphatic carbocycles. The van der Waals surface area contributed by atoms with E-state index in [1.54, 1.807) is 18.6 Å². The minimum Gasteiger partial charge on any atom is -0.371 e. The van der Waals surface area contributed by atoms with E-state index in [9.17, 15) is 18.0 Å². The zero-order valence-corrected chi connectivity index (χ0v) is 9.38. The molecule has 1 amide bonds. The van der Waals surface area contributed by atoms with Gasteiger partial charge in [0.2, 0.25) is 5.91 Å². The lowest BCUT2D eigenvalue weighted by Gasteiger charge is -2.14. The van der Waals surface area contributed by atoms with E-state index in [-0.39, 0.29) is 0 Å². The summed E-state index contributed by atoms with van der Waals surface area (Å²) in [6.45, 7) is 0.142. The number of hydrogen-bond donors (Lipinski definition) is 2. The zero-order valence-electron chi connectivity index (χ0n) is 9.38. The fraction of sp³-hybridized carbons (Fsp3) is 0.556. The van der Waals surface area contributed by atoms with Crippen molar-refractivity contribution in [3.05, 3.63) is 12.4 Å². The molecule has 0 spiro atoms. The normalized spacial score (nSPS) is 13.2. The summed E-state index contributed by atoms with van der Waals surface area (Å²) in [4.78, 5) is 11.3. The molecule has 1 rings (SSSR count). The standard InChI is InChI=1S/C9H13F3N4O/c1-6(8(17)13-5-9(10,11)12)15-7-3-14-16(2)4-7/h3-4,6,15H,5H2,1-2H3,(H,13,17). The second-order valence-corrected chi connectivity index (χ2v) is 3.60. The van der Waals surface area contributed by atoms with E-state index in [2.05, 4.69) is 10.4 Å². The first-order valence-electron chi connectivity index (χ1n) is 4.87. The molecule has 96 valence electrons. The van der Waals surface area contributed by atoms with Gasteiger partial charge in [0.05, 0.1) is 11.9 Å². The van der Waals surface area contributed by atoms with Crippen LogP contribution in [-0.2, 0) is 11.8 Å². The molecule has 5 nitrogen and oxygen atoms in total. The number of carbonyl (C=O) groups is 1. The predicted molar refractivity (Wildman–Crippen MR) is 55.4 cm³/mol. The third kappa shape index (κ3) is 4.75. The molecule has 17 heavy (non-hydrogen) atoms. The Morgan fingerprint density at radius 2 is 2.24 bits per heavy atom. The number of halogens is 3. The van der Waals surface area contributed by atoms with Gasteiger partial charge in [0, 0.05) is 13.2 Å². The summed E-state index contributed by atoms with van der Waals surface area (Å²) < 4.78 is 37.1. The maximum Gasteiger partial charge on any atom is 0.405 e. The highest BCUT2D eigenvalue weighted by molar-refractivity contribution is 5.84. The van der Waals surface area contributed by atoms with Crippen LogP contribution in [0.4, 0.5) is 18.9 Å². The van der Waals surface area contributed by atoms with E-state index in [0.717, 1.165) is 0 Å². The molecule has 1 unspecified atom stereocenters. The molecule has 0 bridgehead atoms. The Bertz CT molecular complexity index is 388. The molecular formula is C9H13F3N4O. The number of nitrogens with one attached hydrogen (secondary N) is 2. The van der Waals surface area contributed by atoms with Gasteiger partial charge in [-0.25, -0.2) is 0 Å². The molecule has 0 fully saturated rings. The van der Waals surface area contributed by atoms with Crippen LogP contribution in [0.5, 0.6) is 0 Å². The molecular weight excluding hydrogens is 237 g/mol. The molecule has 0 aromatic carbocycles. The number of alkyl halides is 3. The van der Waals surface area contributed by atoms with Crippen molar-refractivity contribution in [1.29, 1.82) is 0 Å². The van der Waals surface area contributed by atoms with Crippen LogP contribution in [0.2, 0.25) is 0 Å². The van der Waals surface area contributed by atoms with E-state index in [1.807, 2.05) is 0 Å². The maximum absolute atomic E-state index is 11.9. The summed E-state index contributed by atoms with van der Waals surface area (Å²) in [5.74, 6) is -0.717. The lowest BCUT2D eigenvalue weighted by Crippen LogP contribution is -2.42. The van der Waals surface area contributed by atoms with Gasteiger partial charge in [-0.3, -0.25) is 9.48 Å². The minimum atomic E-state index is -4.40. The van der Waals surface area contributed by atoms with Crippen LogP contribution >= 0.6 is 0 Å². The fourth-order valence-corrected chi connectivity index (χ4v) is 1.15. The predicted octanol–water partition coefficient (Wildman–Crippen LogP) is 0.899. The van der Waals surface area contributed by atoms with E-state index < -0.39 is 24.7 Å². The lowest BCUT2D eigenvalue weighted by atomic mass is 10.3. The summed E-state index contributed by atoms with van der Waals surface area (Å²) in [5, 5.41) is 8.39. The van der Waals surface area contributed by atoms with Crippen molar-refractivity contribution in [3.63, 3.8) is 0 Å².